The Kier molecular flexibility index (Phi) is 7.12. The summed E-state index contributed by atoms with van der Waals surface area (Å²) in [5, 5.41) is 14.5. The lowest BCUT2D eigenvalue weighted by molar-refractivity contribution is -0.389. The maximum absolute atomic E-state index is 12.4. The highest BCUT2D eigenvalue weighted by molar-refractivity contribution is 6.30. The van der Waals surface area contributed by atoms with Crippen LogP contribution in [0.1, 0.15) is 5.56 Å². The number of nitro groups is 1. The van der Waals surface area contributed by atoms with Gasteiger partial charge in [-0.2, -0.15) is 0 Å². The first-order valence-corrected chi connectivity index (χ1v) is 12.0. The van der Waals surface area contributed by atoms with Gasteiger partial charge < -0.3 is 34.7 Å². The maximum Gasteiger partial charge on any atom is 0.573 e. The molecule has 1 fully saturated rings. The number of piperazine rings is 1. The number of fused-ring (bicyclic) bond motifs is 1. The number of benzene rings is 1. The first-order valence-electron chi connectivity index (χ1n) is 11.6. The summed E-state index contributed by atoms with van der Waals surface area (Å²) >= 11 is 6.43. The van der Waals surface area contributed by atoms with Crippen LogP contribution >= 0.6 is 11.6 Å². The molecule has 0 saturated carbocycles. The molecule has 0 bridgehead atoms. The molecular weight excluding hydrogens is 533 g/mol. The van der Waals surface area contributed by atoms with Gasteiger partial charge in [0.2, 0.25) is 5.95 Å². The normalized spacial score (nSPS) is 17.6. The Morgan fingerprint density at radius 3 is 2.53 bits per heavy atom. The summed E-state index contributed by atoms with van der Waals surface area (Å²) in [5.74, 6) is -0.0328. The van der Waals surface area contributed by atoms with Crippen molar-refractivity contribution in [2.75, 3.05) is 42.6 Å². The zero-order valence-electron chi connectivity index (χ0n) is 19.8. The lowest BCUT2D eigenvalue weighted by atomic mass is 10.2. The summed E-state index contributed by atoms with van der Waals surface area (Å²) in [4.78, 5) is 27.1. The smallest absolute Gasteiger partial charge is 0.444 e. The number of halogens is 4. The molecule has 3 aromatic rings. The number of nitrogens with zero attached hydrogens (tertiary/aromatic N) is 7. The average molecular weight is 555 g/mol. The third kappa shape index (κ3) is 5.99. The minimum Gasteiger partial charge on any atom is -0.444 e. The van der Waals surface area contributed by atoms with Crippen LogP contribution in [0.2, 0.25) is 5.15 Å². The number of ether oxygens (including phenoxy) is 2. The molecule has 16 heteroatoms. The monoisotopic (exact) mass is 554 g/mol. The van der Waals surface area contributed by atoms with Gasteiger partial charge in [-0.05, 0) is 29.2 Å². The molecule has 1 aromatic carbocycles. The summed E-state index contributed by atoms with van der Waals surface area (Å²) in [5.41, 5.74) is 1.49. The molecule has 1 saturated heterocycles. The highest BCUT2D eigenvalue weighted by Crippen LogP contribution is 2.27. The summed E-state index contributed by atoms with van der Waals surface area (Å²) in [6.07, 6.45) is -1.73. The Morgan fingerprint density at radius 1 is 1.16 bits per heavy atom. The van der Waals surface area contributed by atoms with Crippen molar-refractivity contribution >= 4 is 29.1 Å². The van der Waals surface area contributed by atoms with Gasteiger partial charge in [-0.1, -0.05) is 11.6 Å². The van der Waals surface area contributed by atoms with Crippen molar-refractivity contribution < 1.29 is 27.6 Å². The molecule has 5 rings (SSSR count). The molecule has 1 N–H and O–H groups in total. The van der Waals surface area contributed by atoms with Gasteiger partial charge in [-0.15, -0.1) is 13.2 Å². The number of nitrogens with one attached hydrogen (secondary N) is 1. The van der Waals surface area contributed by atoms with Gasteiger partial charge >= 0.3 is 18.2 Å². The minimum atomic E-state index is -4.72. The van der Waals surface area contributed by atoms with E-state index in [0.717, 1.165) is 5.69 Å². The number of aromatic nitrogens is 4. The molecule has 2 aromatic heterocycles. The molecule has 0 radical (unpaired) electrons. The number of rotatable bonds is 7. The minimum absolute atomic E-state index is 0.116. The fraction of sp³-hybridized carbons (Fsp3) is 0.409. The average Bonchev–Trinajstić information content (AvgIpc) is 3.32. The Bertz CT molecular complexity index is 1300. The summed E-state index contributed by atoms with van der Waals surface area (Å²) in [6.45, 7) is 3.59. The molecule has 0 aliphatic carbocycles. The van der Waals surface area contributed by atoms with Crippen LogP contribution in [-0.2, 0) is 13.1 Å². The molecule has 2 aliphatic heterocycles. The second-order valence-electron chi connectivity index (χ2n) is 8.68. The number of anilines is 2. The zero-order chi connectivity index (χ0) is 26.9. The maximum atomic E-state index is 12.4. The largest absolute Gasteiger partial charge is 0.573 e. The quantitative estimate of drug-likeness (QED) is 0.265. The molecule has 0 unspecified atom stereocenters. The van der Waals surface area contributed by atoms with Crippen molar-refractivity contribution in [3.8, 4) is 11.8 Å². The van der Waals surface area contributed by atoms with Crippen LogP contribution < -0.4 is 24.6 Å². The summed E-state index contributed by atoms with van der Waals surface area (Å²) in [7, 11) is 0. The van der Waals surface area contributed by atoms with Crippen LogP contribution in [0.25, 0.3) is 0 Å². The van der Waals surface area contributed by atoms with Crippen molar-refractivity contribution in [1.82, 2.24) is 24.8 Å². The first-order chi connectivity index (χ1) is 18.1. The number of alkyl halides is 3. The number of hydrogen-bond acceptors (Lipinski definition) is 10. The lowest BCUT2D eigenvalue weighted by Gasteiger charge is -2.36. The van der Waals surface area contributed by atoms with E-state index in [9.17, 15) is 23.3 Å². The first kappa shape index (κ1) is 25.8. The topological polar surface area (TPSA) is 124 Å². The molecule has 202 valence electrons. The Labute approximate surface area is 219 Å². The second kappa shape index (κ2) is 10.5. The molecule has 0 amide bonds. The van der Waals surface area contributed by atoms with Crippen molar-refractivity contribution in [2.45, 2.75) is 25.5 Å². The third-order valence-corrected chi connectivity index (χ3v) is 6.45. The van der Waals surface area contributed by atoms with Gasteiger partial charge in [0.15, 0.2) is 0 Å². The summed E-state index contributed by atoms with van der Waals surface area (Å²) in [6, 6.07) is 5.88. The van der Waals surface area contributed by atoms with E-state index in [1.165, 1.54) is 18.3 Å². The highest BCUT2D eigenvalue weighted by atomic mass is 35.5. The fourth-order valence-corrected chi connectivity index (χ4v) is 4.43. The molecular formula is C22H22ClF3N8O4. The van der Waals surface area contributed by atoms with E-state index in [0.29, 0.717) is 62.5 Å². The van der Waals surface area contributed by atoms with Gasteiger partial charge in [0, 0.05) is 61.7 Å². The predicted octanol–water partition coefficient (Wildman–Crippen LogP) is 3.01. The van der Waals surface area contributed by atoms with Crippen LogP contribution in [0.15, 0.2) is 36.7 Å². The van der Waals surface area contributed by atoms with Crippen molar-refractivity contribution in [3.05, 3.63) is 57.5 Å². The molecule has 1 atom stereocenters. The van der Waals surface area contributed by atoms with E-state index >= 15 is 0 Å². The van der Waals surface area contributed by atoms with Gasteiger partial charge in [-0.3, -0.25) is 4.57 Å². The van der Waals surface area contributed by atoms with Gasteiger partial charge in [0.1, 0.15) is 23.7 Å². The predicted molar refractivity (Wildman–Crippen MR) is 130 cm³/mol. The molecule has 4 heterocycles. The van der Waals surface area contributed by atoms with E-state index in [2.05, 4.69) is 29.9 Å². The van der Waals surface area contributed by atoms with Crippen LogP contribution in [0.4, 0.5) is 30.6 Å². The Morgan fingerprint density at radius 2 is 1.87 bits per heavy atom. The van der Waals surface area contributed by atoms with Crippen LogP contribution in [-0.4, -0.2) is 69.6 Å². The van der Waals surface area contributed by atoms with Gasteiger partial charge in [-0.25, -0.2) is 9.97 Å². The van der Waals surface area contributed by atoms with Gasteiger partial charge in [0.25, 0.3) is 0 Å². The third-order valence-electron chi connectivity index (χ3n) is 6.12. The van der Waals surface area contributed by atoms with Crippen molar-refractivity contribution in [2.24, 2.45) is 0 Å². The Hall–Kier alpha value is -3.85. The second-order valence-corrected chi connectivity index (χ2v) is 9.04. The van der Waals surface area contributed by atoms with Gasteiger partial charge in [0.05, 0.1) is 6.04 Å². The van der Waals surface area contributed by atoms with Crippen molar-refractivity contribution in [3.63, 3.8) is 0 Å². The van der Waals surface area contributed by atoms with Crippen LogP contribution in [0.3, 0.4) is 0 Å². The molecule has 2 aliphatic rings. The van der Waals surface area contributed by atoms with E-state index in [4.69, 9.17) is 16.3 Å². The van der Waals surface area contributed by atoms with E-state index in [-0.39, 0.29) is 23.6 Å². The van der Waals surface area contributed by atoms with Crippen LogP contribution in [0, 0.1) is 10.1 Å². The van der Waals surface area contributed by atoms with Crippen molar-refractivity contribution in [1.29, 1.82) is 0 Å². The molecule has 38 heavy (non-hydrogen) atoms. The zero-order valence-corrected chi connectivity index (χ0v) is 20.5. The van der Waals surface area contributed by atoms with E-state index in [1.54, 1.807) is 22.9 Å². The SMILES string of the molecule is O=[N+]([O-])c1cn2c(n1)OC[C@@H](NCc1cnc(N3CCN(c4ccc(OC(F)(F)F)cc4)CC3)nc1Cl)C2. The van der Waals surface area contributed by atoms with E-state index in [1.807, 2.05) is 4.90 Å². The fourth-order valence-electron chi connectivity index (χ4n) is 4.23. The number of hydrogen-bond donors (Lipinski definition) is 1. The molecule has 12 nitrogen and oxygen atoms in total. The number of imidazole rings is 1. The van der Waals surface area contributed by atoms with E-state index < -0.39 is 11.3 Å². The van der Waals surface area contributed by atoms with Crippen LogP contribution in [0.5, 0.6) is 11.8 Å². The lowest BCUT2D eigenvalue weighted by Crippen LogP contribution is -2.47. The highest BCUT2D eigenvalue weighted by Gasteiger charge is 2.31. The standard InChI is InChI=1S/C22H22ClF3N8O4/c23-19-14(9-27-15-11-33-12-18(34(35)36)29-21(33)37-13-15)10-28-20(30-19)32-7-5-31(6-8-32)16-1-3-17(4-2-16)38-22(24,25)26/h1-4,10,12,15,27H,5-9,11,13H2/t15-/m0/s1. The summed E-state index contributed by atoms with van der Waals surface area (Å²) < 4.78 is 48.1. The molecule has 0 spiro atoms. The Balaban J connectivity index is 1.12.